The molecule has 3 aromatic carbocycles. The summed E-state index contributed by atoms with van der Waals surface area (Å²) in [7, 11) is -2.09. The molecule has 9 nitrogen and oxygen atoms in total. The number of benzene rings is 3. The van der Waals surface area contributed by atoms with Gasteiger partial charge in [-0.1, -0.05) is 54.6 Å². The summed E-state index contributed by atoms with van der Waals surface area (Å²) in [6.07, 6.45) is 1.74. The fourth-order valence-electron chi connectivity index (χ4n) is 4.83. The molecule has 0 aliphatic carbocycles. The molecule has 0 fully saturated rings. The van der Waals surface area contributed by atoms with Crippen molar-refractivity contribution in [1.82, 2.24) is 10.2 Å². The highest BCUT2D eigenvalue weighted by molar-refractivity contribution is 7.92. The molecule has 0 aliphatic heterocycles. The molecule has 0 aromatic heterocycles. The molecular weight excluding hydrogens is 566 g/mol. The molecule has 1 N–H and O–H groups in total. The van der Waals surface area contributed by atoms with Crippen molar-refractivity contribution in [3.63, 3.8) is 0 Å². The number of carbonyl (C=O) groups excluding carboxylic acids is 2. The van der Waals surface area contributed by atoms with Crippen LogP contribution >= 0.6 is 0 Å². The number of nitrogens with zero attached hydrogens (tertiary/aromatic N) is 2. The van der Waals surface area contributed by atoms with E-state index in [1.54, 1.807) is 36.3 Å². The number of hydrogen-bond acceptors (Lipinski definition) is 6. The molecule has 0 bridgehead atoms. The third kappa shape index (κ3) is 10.0. The minimum Gasteiger partial charge on any atom is -0.497 e. The molecule has 2 amide bonds. The van der Waals surface area contributed by atoms with Gasteiger partial charge in [-0.2, -0.15) is 0 Å². The Morgan fingerprint density at radius 3 is 2.26 bits per heavy atom. The molecule has 10 heteroatoms. The summed E-state index contributed by atoms with van der Waals surface area (Å²) in [5, 5.41) is 2.98. The third-order valence-corrected chi connectivity index (χ3v) is 7.95. The normalized spacial score (nSPS) is 12.0. The number of sulfonamides is 1. The maximum Gasteiger partial charge on any atom is 0.243 e. The molecule has 0 aliphatic rings. The topological polar surface area (TPSA) is 105 Å². The van der Waals surface area contributed by atoms with Gasteiger partial charge in [-0.25, -0.2) is 8.42 Å². The number of ether oxygens (including phenoxy) is 2. The Kier molecular flexibility index (Phi) is 12.4. The van der Waals surface area contributed by atoms with E-state index in [9.17, 15) is 18.0 Å². The summed E-state index contributed by atoms with van der Waals surface area (Å²) in [6, 6.07) is 23.0. The van der Waals surface area contributed by atoms with Crippen LogP contribution in [0.1, 0.15) is 44.7 Å². The van der Waals surface area contributed by atoms with Crippen LogP contribution in [0.2, 0.25) is 0 Å². The molecule has 1 atom stereocenters. The van der Waals surface area contributed by atoms with E-state index in [1.807, 2.05) is 75.4 Å². The highest BCUT2D eigenvalue weighted by Gasteiger charge is 2.31. The largest absolute Gasteiger partial charge is 0.497 e. The number of methoxy groups -OCH3 is 1. The first kappa shape index (κ1) is 33.5. The van der Waals surface area contributed by atoms with E-state index in [-0.39, 0.29) is 43.8 Å². The van der Waals surface area contributed by atoms with Crippen LogP contribution < -0.4 is 19.1 Å². The number of nitrogens with one attached hydrogen (secondary N) is 1. The van der Waals surface area contributed by atoms with Gasteiger partial charge in [-0.3, -0.25) is 13.9 Å². The van der Waals surface area contributed by atoms with E-state index in [4.69, 9.17) is 9.47 Å². The Hall–Kier alpha value is -4.05. The van der Waals surface area contributed by atoms with Gasteiger partial charge in [-0.15, -0.1) is 0 Å². The van der Waals surface area contributed by atoms with E-state index in [1.165, 1.54) is 4.31 Å². The van der Waals surface area contributed by atoms with Crippen LogP contribution in [0.4, 0.5) is 5.69 Å². The lowest BCUT2D eigenvalue weighted by Gasteiger charge is -2.32. The van der Waals surface area contributed by atoms with Crippen molar-refractivity contribution < 1.29 is 27.5 Å². The predicted octanol–water partition coefficient (Wildman–Crippen LogP) is 4.80. The molecule has 0 heterocycles. The predicted molar refractivity (Wildman–Crippen MR) is 170 cm³/mol. The number of anilines is 1. The van der Waals surface area contributed by atoms with Crippen molar-refractivity contribution in [3.05, 3.63) is 90.0 Å². The third-order valence-electron chi connectivity index (χ3n) is 6.78. The second-order valence-corrected chi connectivity index (χ2v) is 12.5. The van der Waals surface area contributed by atoms with Gasteiger partial charge in [0, 0.05) is 32.0 Å². The minimum atomic E-state index is -3.67. The van der Waals surface area contributed by atoms with Gasteiger partial charge in [-0.05, 0) is 62.6 Å². The summed E-state index contributed by atoms with van der Waals surface area (Å²) < 4.78 is 38.0. The molecule has 0 saturated carbocycles. The summed E-state index contributed by atoms with van der Waals surface area (Å²) in [5.41, 5.74) is 2.16. The van der Waals surface area contributed by atoms with Crippen molar-refractivity contribution in [1.29, 1.82) is 0 Å². The number of amides is 2. The van der Waals surface area contributed by atoms with Gasteiger partial charge in [0.2, 0.25) is 21.8 Å². The van der Waals surface area contributed by atoms with Crippen LogP contribution in [0.15, 0.2) is 78.9 Å². The number of rotatable bonds is 16. The lowest BCUT2D eigenvalue weighted by Crippen LogP contribution is -2.51. The first-order chi connectivity index (χ1) is 20.5. The van der Waals surface area contributed by atoms with Crippen molar-refractivity contribution in [3.8, 4) is 11.5 Å². The van der Waals surface area contributed by atoms with E-state index in [0.29, 0.717) is 30.2 Å². The lowest BCUT2D eigenvalue weighted by atomic mass is 10.0. The fourth-order valence-corrected chi connectivity index (χ4v) is 5.79. The van der Waals surface area contributed by atoms with Crippen molar-refractivity contribution in [2.75, 3.05) is 30.8 Å². The smallest absolute Gasteiger partial charge is 0.243 e. The van der Waals surface area contributed by atoms with Crippen LogP contribution in [-0.2, 0) is 32.6 Å². The average molecular weight is 610 g/mol. The molecule has 0 radical (unpaired) electrons. The number of hydrogen-bond donors (Lipinski definition) is 1. The number of para-hydroxylation sites is 2. The molecular formula is C33H43N3O6S. The maximum absolute atomic E-state index is 14.0. The monoisotopic (exact) mass is 609 g/mol. The Balaban J connectivity index is 1.91. The Morgan fingerprint density at radius 1 is 0.930 bits per heavy atom. The van der Waals surface area contributed by atoms with Gasteiger partial charge in [0.25, 0.3) is 0 Å². The molecule has 1 unspecified atom stereocenters. The zero-order chi connectivity index (χ0) is 31.4. The molecule has 43 heavy (non-hydrogen) atoms. The van der Waals surface area contributed by atoms with Crippen LogP contribution in [0.3, 0.4) is 0 Å². The minimum absolute atomic E-state index is 0.0348. The Morgan fingerprint density at radius 2 is 1.60 bits per heavy atom. The number of carbonyl (C=O) groups is 2. The lowest BCUT2D eigenvalue weighted by molar-refractivity contribution is -0.141. The maximum atomic E-state index is 14.0. The van der Waals surface area contributed by atoms with Gasteiger partial charge in [0.15, 0.2) is 0 Å². The van der Waals surface area contributed by atoms with Gasteiger partial charge in [0.1, 0.15) is 17.5 Å². The second-order valence-electron chi connectivity index (χ2n) is 10.6. The van der Waals surface area contributed by atoms with Gasteiger partial charge >= 0.3 is 0 Å². The van der Waals surface area contributed by atoms with E-state index >= 15 is 0 Å². The zero-order valence-corrected chi connectivity index (χ0v) is 26.5. The first-order valence-electron chi connectivity index (χ1n) is 14.5. The first-order valence-corrected chi connectivity index (χ1v) is 16.3. The van der Waals surface area contributed by atoms with Crippen molar-refractivity contribution in [2.24, 2.45) is 0 Å². The summed E-state index contributed by atoms with van der Waals surface area (Å²) in [5.74, 6) is 0.593. The quantitative estimate of drug-likeness (QED) is 0.250. The molecule has 232 valence electrons. The average Bonchev–Trinajstić information content (AvgIpc) is 2.97. The van der Waals surface area contributed by atoms with Crippen LogP contribution in [0.25, 0.3) is 0 Å². The molecule has 0 spiro atoms. The highest BCUT2D eigenvalue weighted by atomic mass is 32.2. The molecule has 0 saturated heterocycles. The zero-order valence-electron chi connectivity index (χ0n) is 25.7. The Bertz CT molecular complexity index is 1450. The fraction of sp³-hybridized carbons (Fsp3) is 0.394. The van der Waals surface area contributed by atoms with Crippen molar-refractivity contribution >= 4 is 27.5 Å². The van der Waals surface area contributed by atoms with Crippen LogP contribution in [0, 0.1) is 0 Å². The van der Waals surface area contributed by atoms with E-state index < -0.39 is 16.1 Å². The van der Waals surface area contributed by atoms with E-state index in [2.05, 4.69) is 5.32 Å². The Labute approximate surface area is 255 Å². The summed E-state index contributed by atoms with van der Waals surface area (Å²) in [6.45, 7) is 6.23. The second kappa shape index (κ2) is 16.0. The highest BCUT2D eigenvalue weighted by Crippen LogP contribution is 2.30. The van der Waals surface area contributed by atoms with Crippen LogP contribution in [-0.4, -0.2) is 63.7 Å². The van der Waals surface area contributed by atoms with E-state index in [0.717, 1.165) is 17.4 Å². The SMILES string of the molecule is CCOc1ccccc1N(CCCC(=O)N(Cc1cccc(OC)c1)C(Cc1ccccc1)C(=O)NC(C)C)S(C)(=O)=O. The van der Waals surface area contributed by atoms with Gasteiger partial charge < -0.3 is 19.7 Å². The molecule has 3 rings (SSSR count). The van der Waals surface area contributed by atoms with Gasteiger partial charge in [0.05, 0.1) is 25.7 Å². The van der Waals surface area contributed by atoms with Crippen molar-refractivity contribution in [2.45, 2.75) is 58.7 Å². The standard InChI is InChI=1S/C33H43N3O6S/c1-6-42-31-19-11-10-18-29(31)36(43(5,39)40)21-13-20-32(37)35(24-27-16-12-17-28(22-27)41-4)30(33(38)34-25(2)3)23-26-14-8-7-9-15-26/h7-12,14-19,22,25,30H,6,13,20-21,23-24H2,1-5H3,(H,34,38). The summed E-state index contributed by atoms with van der Waals surface area (Å²) >= 11 is 0. The van der Waals surface area contributed by atoms with Crippen LogP contribution in [0.5, 0.6) is 11.5 Å². The summed E-state index contributed by atoms with van der Waals surface area (Å²) in [4.78, 5) is 29.2. The molecule has 3 aromatic rings.